The number of carbonyl (C=O) groups excluding carboxylic acids is 2. The Morgan fingerprint density at radius 3 is 2.84 bits per heavy atom. The van der Waals surface area contributed by atoms with Crippen molar-refractivity contribution in [3.8, 4) is 5.75 Å². The molecule has 0 bridgehead atoms. The molecule has 0 atom stereocenters. The quantitative estimate of drug-likeness (QED) is 0.595. The highest BCUT2D eigenvalue weighted by atomic mass is 32.1. The molecule has 7 nitrogen and oxygen atoms in total. The molecule has 31 heavy (non-hydrogen) atoms. The third kappa shape index (κ3) is 5.61. The van der Waals surface area contributed by atoms with Gasteiger partial charge >= 0.3 is 0 Å². The number of hydrogen-bond donors (Lipinski definition) is 2. The number of carbonyl (C=O) groups is 2. The third-order valence-corrected chi connectivity index (χ3v) is 5.76. The molecule has 0 saturated carbocycles. The van der Waals surface area contributed by atoms with Crippen molar-refractivity contribution in [2.75, 3.05) is 24.5 Å². The van der Waals surface area contributed by atoms with Crippen molar-refractivity contribution in [1.29, 1.82) is 0 Å². The van der Waals surface area contributed by atoms with Gasteiger partial charge in [-0.2, -0.15) is 0 Å². The second-order valence-corrected chi connectivity index (χ2v) is 8.36. The lowest BCUT2D eigenvalue weighted by Crippen LogP contribution is -2.47. The van der Waals surface area contributed by atoms with Crippen LogP contribution in [0, 0.1) is 6.92 Å². The fraction of sp³-hybridized carbons (Fsp3) is 0.261. The summed E-state index contributed by atoms with van der Waals surface area (Å²) in [6.45, 7) is 4.57. The normalized spacial score (nSPS) is 13.6. The highest BCUT2D eigenvalue weighted by molar-refractivity contribution is 7.09. The molecule has 4 rings (SSSR count). The molecule has 0 spiro atoms. The van der Waals surface area contributed by atoms with Gasteiger partial charge in [-0.15, -0.1) is 11.3 Å². The molecule has 1 aromatic heterocycles. The summed E-state index contributed by atoms with van der Waals surface area (Å²) in [7, 11) is 0. The average molecular weight is 437 g/mol. The summed E-state index contributed by atoms with van der Waals surface area (Å²) in [6, 6.07) is 15.0. The zero-order chi connectivity index (χ0) is 21.6. The molecule has 2 aromatic carbocycles. The summed E-state index contributed by atoms with van der Waals surface area (Å²) >= 11 is 1.59. The summed E-state index contributed by atoms with van der Waals surface area (Å²) in [6.07, 6.45) is 0. The summed E-state index contributed by atoms with van der Waals surface area (Å²) in [4.78, 5) is 30.5. The molecule has 2 N–H and O–H groups in total. The Labute approximate surface area is 185 Å². The van der Waals surface area contributed by atoms with Crippen molar-refractivity contribution >= 4 is 28.8 Å². The molecule has 2 heterocycles. The van der Waals surface area contributed by atoms with Crippen molar-refractivity contribution in [2.24, 2.45) is 0 Å². The van der Waals surface area contributed by atoms with Crippen molar-refractivity contribution < 1.29 is 14.3 Å². The van der Waals surface area contributed by atoms with Crippen LogP contribution in [-0.4, -0.2) is 36.4 Å². The van der Waals surface area contributed by atoms with Crippen LogP contribution in [0.1, 0.15) is 26.6 Å². The Hall–Kier alpha value is -3.39. The van der Waals surface area contributed by atoms with Gasteiger partial charge in [0.15, 0.2) is 0 Å². The minimum atomic E-state index is -0.160. The standard InChI is InChI=1S/C23H24N4O3S/c1-16-26-19(15-31-16)14-30-21-4-2-3-18(11-21)23(29)25-12-17-5-7-20(8-6-17)27-10-9-24-22(28)13-27/h2-8,11,15H,9-10,12-14H2,1H3,(H,24,28)(H,25,29). The van der Waals surface area contributed by atoms with E-state index >= 15 is 0 Å². The molecule has 1 saturated heterocycles. The molecule has 1 aliphatic rings. The lowest BCUT2D eigenvalue weighted by atomic mass is 10.1. The number of benzene rings is 2. The van der Waals surface area contributed by atoms with Gasteiger partial charge in [-0.25, -0.2) is 4.98 Å². The molecule has 3 aromatic rings. The lowest BCUT2D eigenvalue weighted by molar-refractivity contribution is -0.120. The molecule has 1 fully saturated rings. The van der Waals surface area contributed by atoms with Crippen LogP contribution in [0.3, 0.4) is 0 Å². The summed E-state index contributed by atoms with van der Waals surface area (Å²) in [5, 5.41) is 8.74. The van der Waals surface area contributed by atoms with Crippen molar-refractivity contribution in [2.45, 2.75) is 20.1 Å². The molecule has 0 radical (unpaired) electrons. The van der Waals surface area contributed by atoms with Gasteiger partial charge < -0.3 is 20.3 Å². The number of thiazole rings is 1. The molecule has 0 unspecified atom stereocenters. The van der Waals surface area contributed by atoms with Crippen molar-refractivity contribution in [3.05, 3.63) is 75.7 Å². The van der Waals surface area contributed by atoms with Gasteiger partial charge in [-0.05, 0) is 42.8 Å². The Kier molecular flexibility index (Phi) is 6.47. The zero-order valence-corrected chi connectivity index (χ0v) is 18.1. The lowest BCUT2D eigenvalue weighted by Gasteiger charge is -2.28. The van der Waals surface area contributed by atoms with E-state index in [4.69, 9.17) is 4.74 Å². The first-order valence-electron chi connectivity index (χ1n) is 10.1. The van der Waals surface area contributed by atoms with E-state index in [-0.39, 0.29) is 11.8 Å². The number of nitrogens with one attached hydrogen (secondary N) is 2. The highest BCUT2D eigenvalue weighted by Gasteiger charge is 2.16. The first-order valence-corrected chi connectivity index (χ1v) is 11.0. The monoisotopic (exact) mass is 436 g/mol. The number of aromatic nitrogens is 1. The second-order valence-electron chi connectivity index (χ2n) is 7.30. The van der Waals surface area contributed by atoms with Gasteiger partial charge in [0.05, 0.1) is 17.2 Å². The molecule has 8 heteroatoms. The Morgan fingerprint density at radius 1 is 1.26 bits per heavy atom. The maximum Gasteiger partial charge on any atom is 0.251 e. The van der Waals surface area contributed by atoms with E-state index in [0.717, 1.165) is 28.5 Å². The molecular weight excluding hydrogens is 412 g/mol. The van der Waals surface area contributed by atoms with E-state index in [0.29, 0.717) is 37.6 Å². The van der Waals surface area contributed by atoms with Crippen molar-refractivity contribution in [1.82, 2.24) is 15.6 Å². The second kappa shape index (κ2) is 9.61. The molecule has 160 valence electrons. The Bertz CT molecular complexity index is 1060. The maximum atomic E-state index is 12.6. The Balaban J connectivity index is 1.30. The number of rotatable bonds is 7. The summed E-state index contributed by atoms with van der Waals surface area (Å²) < 4.78 is 5.77. The smallest absolute Gasteiger partial charge is 0.251 e. The fourth-order valence-corrected chi connectivity index (χ4v) is 3.92. The Morgan fingerprint density at radius 2 is 2.10 bits per heavy atom. The van der Waals surface area contributed by atoms with Crippen LogP contribution < -0.4 is 20.3 Å². The number of nitrogens with zero attached hydrogens (tertiary/aromatic N) is 2. The minimum Gasteiger partial charge on any atom is -0.487 e. The molecule has 2 amide bonds. The predicted molar refractivity (Wildman–Crippen MR) is 120 cm³/mol. The van der Waals surface area contributed by atoms with Crippen LogP contribution in [0.5, 0.6) is 5.75 Å². The number of amides is 2. The number of piperazine rings is 1. The highest BCUT2D eigenvalue weighted by Crippen LogP contribution is 2.18. The summed E-state index contributed by atoms with van der Waals surface area (Å²) in [5.74, 6) is 0.510. The average Bonchev–Trinajstić information content (AvgIpc) is 3.22. The van der Waals surface area contributed by atoms with Gasteiger partial charge in [0.25, 0.3) is 5.91 Å². The van der Waals surface area contributed by atoms with Gasteiger partial charge in [0.1, 0.15) is 12.4 Å². The topological polar surface area (TPSA) is 83.6 Å². The zero-order valence-electron chi connectivity index (χ0n) is 17.3. The van der Waals surface area contributed by atoms with E-state index in [1.807, 2.05) is 47.5 Å². The van der Waals surface area contributed by atoms with Gasteiger partial charge in [-0.3, -0.25) is 9.59 Å². The van der Waals surface area contributed by atoms with Crippen LogP contribution in [0.2, 0.25) is 0 Å². The van der Waals surface area contributed by atoms with Crippen LogP contribution in [0.4, 0.5) is 5.69 Å². The number of ether oxygens (including phenoxy) is 1. The SMILES string of the molecule is Cc1nc(COc2cccc(C(=O)NCc3ccc(N4CCNC(=O)C4)cc3)c2)cs1. The molecular formula is C23H24N4O3S. The van der Waals surface area contributed by atoms with E-state index in [9.17, 15) is 9.59 Å². The minimum absolute atomic E-state index is 0.0375. The largest absolute Gasteiger partial charge is 0.487 e. The first kappa shape index (κ1) is 20.9. The van der Waals surface area contributed by atoms with Gasteiger partial charge in [0, 0.05) is 36.3 Å². The van der Waals surface area contributed by atoms with Crippen LogP contribution in [0.25, 0.3) is 0 Å². The first-order chi connectivity index (χ1) is 15.1. The van der Waals surface area contributed by atoms with Gasteiger partial charge in [0.2, 0.25) is 5.91 Å². The predicted octanol–water partition coefficient (Wildman–Crippen LogP) is 2.90. The van der Waals surface area contributed by atoms with Crippen LogP contribution in [-0.2, 0) is 17.9 Å². The maximum absolute atomic E-state index is 12.6. The van der Waals surface area contributed by atoms with E-state index in [1.54, 1.807) is 29.5 Å². The van der Waals surface area contributed by atoms with Gasteiger partial charge in [-0.1, -0.05) is 18.2 Å². The van der Waals surface area contributed by atoms with E-state index < -0.39 is 0 Å². The number of hydrogen-bond acceptors (Lipinski definition) is 6. The number of aryl methyl sites for hydroxylation is 1. The fourth-order valence-electron chi connectivity index (χ4n) is 3.33. The third-order valence-electron chi connectivity index (χ3n) is 4.94. The number of anilines is 1. The van der Waals surface area contributed by atoms with Crippen LogP contribution >= 0.6 is 11.3 Å². The van der Waals surface area contributed by atoms with Crippen molar-refractivity contribution in [3.63, 3.8) is 0 Å². The molecule has 1 aliphatic heterocycles. The van der Waals surface area contributed by atoms with E-state index in [2.05, 4.69) is 15.6 Å². The summed E-state index contributed by atoms with van der Waals surface area (Å²) in [5.41, 5.74) is 3.42. The van der Waals surface area contributed by atoms with E-state index in [1.165, 1.54) is 0 Å². The molecule has 0 aliphatic carbocycles. The van der Waals surface area contributed by atoms with Crippen LogP contribution in [0.15, 0.2) is 53.9 Å².